The molecule has 8 heteroatoms. The van der Waals surface area contributed by atoms with E-state index in [2.05, 4.69) is 30.9 Å². The van der Waals surface area contributed by atoms with Crippen molar-refractivity contribution in [3.05, 3.63) is 34.9 Å². The molecular formula is C11H13ClN6O. The normalized spacial score (nSPS) is 12.1. The van der Waals surface area contributed by atoms with Gasteiger partial charge < -0.3 is 5.32 Å². The van der Waals surface area contributed by atoms with Gasteiger partial charge in [-0.25, -0.2) is 4.98 Å². The van der Waals surface area contributed by atoms with Gasteiger partial charge in [0, 0.05) is 6.20 Å². The van der Waals surface area contributed by atoms with Crippen molar-refractivity contribution in [3.8, 4) is 0 Å². The smallest absolute Gasteiger partial charge is 0.270 e. The minimum atomic E-state index is -0.292. The average molecular weight is 281 g/mol. The molecule has 2 rings (SSSR count). The van der Waals surface area contributed by atoms with Gasteiger partial charge in [-0.3, -0.25) is 4.79 Å². The van der Waals surface area contributed by atoms with Gasteiger partial charge in [0.15, 0.2) is 5.82 Å². The second kappa shape index (κ2) is 6.24. The number of pyridine rings is 1. The SMILES string of the molecule is CCCC(NC(=O)c1ccc(Cl)cn1)c1nn[nH]n1. The summed E-state index contributed by atoms with van der Waals surface area (Å²) in [7, 11) is 0. The second-order valence-electron chi connectivity index (χ2n) is 3.95. The number of aromatic amines is 1. The number of hydrogen-bond donors (Lipinski definition) is 2. The number of tetrazole rings is 1. The third kappa shape index (κ3) is 3.47. The molecule has 0 saturated carbocycles. The zero-order chi connectivity index (χ0) is 13.7. The van der Waals surface area contributed by atoms with Crippen molar-refractivity contribution < 1.29 is 4.79 Å². The summed E-state index contributed by atoms with van der Waals surface area (Å²) in [4.78, 5) is 16.0. The highest BCUT2D eigenvalue weighted by Gasteiger charge is 2.19. The summed E-state index contributed by atoms with van der Waals surface area (Å²) < 4.78 is 0. The first-order chi connectivity index (χ1) is 9.20. The van der Waals surface area contributed by atoms with Gasteiger partial charge in [0.2, 0.25) is 0 Å². The van der Waals surface area contributed by atoms with Crippen LogP contribution in [0.3, 0.4) is 0 Å². The fraction of sp³-hybridized carbons (Fsp3) is 0.364. The Kier molecular flexibility index (Phi) is 4.40. The Morgan fingerprint density at radius 2 is 2.37 bits per heavy atom. The lowest BCUT2D eigenvalue weighted by molar-refractivity contribution is 0.0927. The lowest BCUT2D eigenvalue weighted by Crippen LogP contribution is -2.30. The van der Waals surface area contributed by atoms with E-state index in [1.807, 2.05) is 6.92 Å². The number of H-pyrrole nitrogens is 1. The Morgan fingerprint density at radius 1 is 1.53 bits per heavy atom. The number of aromatic nitrogens is 5. The molecule has 0 fully saturated rings. The van der Waals surface area contributed by atoms with Crippen LogP contribution >= 0.6 is 11.6 Å². The molecule has 0 spiro atoms. The molecule has 2 N–H and O–H groups in total. The molecule has 0 saturated heterocycles. The topological polar surface area (TPSA) is 96.5 Å². The predicted octanol–water partition coefficient (Wildman–Crippen LogP) is 1.52. The minimum absolute atomic E-state index is 0.284. The van der Waals surface area contributed by atoms with Crippen molar-refractivity contribution in [1.82, 2.24) is 30.9 Å². The zero-order valence-electron chi connectivity index (χ0n) is 10.3. The van der Waals surface area contributed by atoms with E-state index in [-0.39, 0.29) is 11.9 Å². The summed E-state index contributed by atoms with van der Waals surface area (Å²) in [6.07, 6.45) is 3.03. The standard InChI is InChI=1S/C11H13ClN6O/c1-2-3-8(10-15-17-18-16-10)14-11(19)9-5-4-7(12)6-13-9/h4-6,8H,2-3H2,1H3,(H,14,19)(H,15,16,17,18). The van der Waals surface area contributed by atoms with Gasteiger partial charge >= 0.3 is 0 Å². The molecule has 0 aliphatic rings. The summed E-state index contributed by atoms with van der Waals surface area (Å²) in [5.74, 6) is 0.170. The lowest BCUT2D eigenvalue weighted by Gasteiger charge is -2.13. The summed E-state index contributed by atoms with van der Waals surface area (Å²) >= 11 is 5.73. The first-order valence-electron chi connectivity index (χ1n) is 5.86. The van der Waals surface area contributed by atoms with Crippen LogP contribution in [0.5, 0.6) is 0 Å². The van der Waals surface area contributed by atoms with Crippen LogP contribution < -0.4 is 5.32 Å². The number of carbonyl (C=O) groups excluding carboxylic acids is 1. The maximum atomic E-state index is 12.0. The third-order valence-corrected chi connectivity index (χ3v) is 2.74. The Bertz CT molecular complexity index is 527. The first kappa shape index (κ1) is 13.4. The van der Waals surface area contributed by atoms with E-state index in [1.165, 1.54) is 6.20 Å². The molecule has 0 bridgehead atoms. The van der Waals surface area contributed by atoms with E-state index in [9.17, 15) is 4.79 Å². The summed E-state index contributed by atoms with van der Waals surface area (Å²) in [6, 6.07) is 2.90. The molecule has 1 amide bonds. The highest BCUT2D eigenvalue weighted by Crippen LogP contribution is 2.14. The van der Waals surface area contributed by atoms with Crippen LogP contribution in [0, 0.1) is 0 Å². The van der Waals surface area contributed by atoms with Crippen molar-refractivity contribution in [3.63, 3.8) is 0 Å². The van der Waals surface area contributed by atoms with Gasteiger partial charge in [-0.1, -0.05) is 30.2 Å². The second-order valence-corrected chi connectivity index (χ2v) is 4.38. The van der Waals surface area contributed by atoms with Crippen LogP contribution in [0.25, 0.3) is 0 Å². The van der Waals surface area contributed by atoms with Gasteiger partial charge in [-0.05, 0) is 18.6 Å². The third-order valence-electron chi connectivity index (χ3n) is 2.52. The van der Waals surface area contributed by atoms with Gasteiger partial charge in [-0.2, -0.15) is 5.21 Å². The fourth-order valence-electron chi connectivity index (χ4n) is 1.61. The minimum Gasteiger partial charge on any atom is -0.341 e. The first-order valence-corrected chi connectivity index (χ1v) is 6.24. The number of nitrogens with one attached hydrogen (secondary N) is 2. The maximum absolute atomic E-state index is 12.0. The van der Waals surface area contributed by atoms with Crippen LogP contribution in [0.2, 0.25) is 5.02 Å². The summed E-state index contributed by atoms with van der Waals surface area (Å²) in [6.45, 7) is 2.01. The lowest BCUT2D eigenvalue weighted by atomic mass is 10.1. The monoisotopic (exact) mass is 280 g/mol. The molecule has 1 unspecified atom stereocenters. The largest absolute Gasteiger partial charge is 0.341 e. The predicted molar refractivity (Wildman–Crippen MR) is 68.5 cm³/mol. The molecule has 2 aromatic rings. The van der Waals surface area contributed by atoms with E-state index in [4.69, 9.17) is 11.6 Å². The van der Waals surface area contributed by atoms with E-state index >= 15 is 0 Å². The Hall–Kier alpha value is -2.02. The van der Waals surface area contributed by atoms with Gasteiger partial charge in [-0.15, -0.1) is 10.2 Å². The van der Waals surface area contributed by atoms with Crippen molar-refractivity contribution in [1.29, 1.82) is 0 Å². The molecule has 2 aromatic heterocycles. The quantitative estimate of drug-likeness (QED) is 0.865. The Morgan fingerprint density at radius 3 is 2.95 bits per heavy atom. The number of amides is 1. The fourth-order valence-corrected chi connectivity index (χ4v) is 1.73. The summed E-state index contributed by atoms with van der Waals surface area (Å²) in [5, 5.41) is 17.0. The Balaban J connectivity index is 2.09. The van der Waals surface area contributed by atoms with Crippen LogP contribution in [-0.2, 0) is 0 Å². The van der Waals surface area contributed by atoms with Gasteiger partial charge in [0.1, 0.15) is 5.69 Å². The van der Waals surface area contributed by atoms with Crippen LogP contribution in [0.15, 0.2) is 18.3 Å². The van der Waals surface area contributed by atoms with Crippen LogP contribution in [0.1, 0.15) is 42.1 Å². The maximum Gasteiger partial charge on any atom is 0.270 e. The zero-order valence-corrected chi connectivity index (χ0v) is 11.1. The number of halogens is 1. The molecule has 0 aromatic carbocycles. The van der Waals surface area contributed by atoms with Crippen molar-refractivity contribution in [2.75, 3.05) is 0 Å². The number of carbonyl (C=O) groups is 1. The average Bonchev–Trinajstić information content (AvgIpc) is 2.92. The summed E-state index contributed by atoms with van der Waals surface area (Å²) in [5.41, 5.74) is 0.300. The molecule has 1 atom stereocenters. The molecule has 2 heterocycles. The van der Waals surface area contributed by atoms with Crippen molar-refractivity contribution in [2.45, 2.75) is 25.8 Å². The van der Waals surface area contributed by atoms with Crippen LogP contribution in [-0.4, -0.2) is 31.5 Å². The number of nitrogens with zero attached hydrogens (tertiary/aromatic N) is 4. The van der Waals surface area contributed by atoms with Gasteiger partial charge in [0.25, 0.3) is 5.91 Å². The molecule has 7 nitrogen and oxygen atoms in total. The molecule has 0 radical (unpaired) electrons. The molecule has 100 valence electrons. The van der Waals surface area contributed by atoms with E-state index in [1.54, 1.807) is 12.1 Å². The van der Waals surface area contributed by atoms with E-state index in [0.717, 1.165) is 12.8 Å². The molecule has 0 aliphatic heterocycles. The van der Waals surface area contributed by atoms with Crippen molar-refractivity contribution in [2.24, 2.45) is 0 Å². The van der Waals surface area contributed by atoms with E-state index in [0.29, 0.717) is 16.5 Å². The van der Waals surface area contributed by atoms with Gasteiger partial charge in [0.05, 0.1) is 11.1 Å². The van der Waals surface area contributed by atoms with E-state index < -0.39 is 0 Å². The van der Waals surface area contributed by atoms with Crippen molar-refractivity contribution >= 4 is 17.5 Å². The highest BCUT2D eigenvalue weighted by atomic mass is 35.5. The Labute approximate surface area is 114 Å². The number of rotatable bonds is 5. The molecule has 19 heavy (non-hydrogen) atoms. The molecule has 0 aliphatic carbocycles. The van der Waals surface area contributed by atoms with Crippen LogP contribution in [0.4, 0.5) is 0 Å². The molecular weight excluding hydrogens is 268 g/mol. The number of hydrogen-bond acceptors (Lipinski definition) is 5. The highest BCUT2D eigenvalue weighted by molar-refractivity contribution is 6.30.